The molecule has 16 aromatic rings. The average Bonchev–Trinajstić information content (AvgIpc) is 0.705. The van der Waals surface area contributed by atoms with Gasteiger partial charge in [0.25, 0.3) is 0 Å². The predicted octanol–water partition coefficient (Wildman–Crippen LogP) is 21.1. The Morgan fingerprint density at radius 3 is 0.952 bits per heavy atom. The van der Waals surface area contributed by atoms with Crippen molar-refractivity contribution in [2.45, 2.75) is 0 Å². The van der Waals surface area contributed by atoms with Gasteiger partial charge in [0.15, 0.2) is 0 Å². The predicted molar refractivity (Wildman–Crippen MR) is 364 cm³/mol. The smallest absolute Gasteiger partial charge is 0.423 e. The Balaban J connectivity index is 0.000000141. The zero-order valence-electron chi connectivity index (χ0n) is 60.6. The molecule has 0 aromatic heterocycles. The summed E-state index contributed by atoms with van der Waals surface area (Å²) in [5.74, 6) is 0. The zero-order chi connectivity index (χ0) is 70.4. The number of halogens is 1. The van der Waals surface area contributed by atoms with E-state index in [1.807, 2.05) is 194 Å². The summed E-state index contributed by atoms with van der Waals surface area (Å²) in [6, 6.07) is 64.4. The highest BCUT2D eigenvalue weighted by Gasteiger charge is 2.20. The molecule has 0 heterocycles. The van der Waals surface area contributed by atoms with Gasteiger partial charge < -0.3 is 10.0 Å². The molecule has 2 N–H and O–H groups in total. The molecule has 0 unspecified atom stereocenters. The summed E-state index contributed by atoms with van der Waals surface area (Å²) >= 11 is 3.43. The molecule has 16 rings (SSSR count). The maximum absolute atomic E-state index is 9.28. The first-order chi connectivity index (χ1) is 48.1. The van der Waals surface area contributed by atoms with Crippen LogP contribution in [0.3, 0.4) is 0 Å². The summed E-state index contributed by atoms with van der Waals surface area (Å²) in [5, 5.41) is 28.0. The Bertz CT molecular complexity index is 5960. The van der Waals surface area contributed by atoms with Crippen molar-refractivity contribution in [2.75, 3.05) is 0 Å². The highest BCUT2D eigenvalue weighted by Crippen LogP contribution is 2.47. The van der Waals surface area contributed by atoms with Crippen LogP contribution < -0.4 is 5.46 Å². The highest BCUT2D eigenvalue weighted by atomic mass is 79.9. The summed E-state index contributed by atoms with van der Waals surface area (Å²) in [4.78, 5) is 0. The van der Waals surface area contributed by atoms with Gasteiger partial charge in [-0.2, -0.15) is 0 Å². The molecule has 0 saturated heterocycles. The Kier molecular flexibility index (Phi) is 10.1. The van der Waals surface area contributed by atoms with Crippen molar-refractivity contribution in [3.05, 3.63) is 320 Å². The molecule has 2 nitrogen and oxygen atoms in total. The lowest BCUT2D eigenvalue weighted by Crippen LogP contribution is -2.29. The van der Waals surface area contributed by atoms with Crippen LogP contribution in [0.1, 0.15) is 21.9 Å². The first kappa shape index (κ1) is 37.2. The second-order valence-corrected chi connectivity index (χ2v) is 20.9. The summed E-state index contributed by atoms with van der Waals surface area (Å²) in [6.07, 6.45) is 0. The zero-order valence-corrected chi connectivity index (χ0v) is 46.2. The molecule has 0 aliphatic carbocycles. The van der Waals surface area contributed by atoms with E-state index in [1.54, 1.807) is 6.07 Å². The van der Waals surface area contributed by atoms with Gasteiger partial charge in [-0.15, -0.1) is 0 Å². The van der Waals surface area contributed by atoms with Crippen LogP contribution in [0.5, 0.6) is 0 Å². The molecule has 0 spiro atoms. The van der Waals surface area contributed by atoms with Crippen LogP contribution in [-0.2, 0) is 0 Å². The third-order valence-electron chi connectivity index (χ3n) is 15.3. The van der Waals surface area contributed by atoms with E-state index in [0.717, 1.165) is 60.0 Å². The summed E-state index contributed by atoms with van der Waals surface area (Å²) in [6.45, 7) is 0. The first-order valence-electron chi connectivity index (χ1n) is 35.2. The summed E-state index contributed by atoms with van der Waals surface area (Å²) in [7, 11) is -1.44. The van der Waals surface area contributed by atoms with Gasteiger partial charge in [-0.05, 0) is 169 Å². The highest BCUT2D eigenvalue weighted by molar-refractivity contribution is 9.10. The molecule has 396 valence electrons. The topological polar surface area (TPSA) is 40.5 Å². The summed E-state index contributed by atoms with van der Waals surface area (Å²) < 4.78 is 140. The second-order valence-electron chi connectivity index (χ2n) is 20.1. The van der Waals surface area contributed by atoms with Crippen LogP contribution >= 0.6 is 15.9 Å². The molecule has 0 radical (unpaired) electrons. The van der Waals surface area contributed by atoms with Gasteiger partial charge in [0.1, 0.15) is 0 Å². The van der Waals surface area contributed by atoms with Gasteiger partial charge >= 0.3 is 7.12 Å². The molecule has 0 aliphatic rings. The van der Waals surface area contributed by atoms with Crippen LogP contribution in [0.2, 0.25) is 0 Å². The van der Waals surface area contributed by atoms with E-state index in [0.29, 0.717) is 38.8 Å². The molecule has 0 saturated carbocycles. The van der Waals surface area contributed by atoms with Gasteiger partial charge in [0, 0.05) is 4.47 Å². The van der Waals surface area contributed by atoms with Crippen LogP contribution in [0, 0.1) is 0 Å². The van der Waals surface area contributed by atoms with E-state index in [2.05, 4.69) is 34.1 Å². The van der Waals surface area contributed by atoms with Gasteiger partial charge in [0.2, 0.25) is 0 Å². The van der Waals surface area contributed by atoms with Gasteiger partial charge in [-0.25, -0.2) is 0 Å². The van der Waals surface area contributed by atoms with Crippen LogP contribution in [0.4, 0.5) is 0 Å². The normalized spacial score (nSPS) is 13.9. The van der Waals surface area contributed by atoms with E-state index in [4.69, 9.17) is 16.4 Å². The minimum atomic E-state index is -1.44. The lowest BCUT2D eigenvalue weighted by atomic mass is 9.79. The lowest BCUT2D eigenvalue weighted by Gasteiger charge is -2.19. The van der Waals surface area contributed by atoms with E-state index >= 15 is 0 Å². The van der Waals surface area contributed by atoms with Gasteiger partial charge in [0.05, 0.1) is 21.9 Å². The maximum Gasteiger partial charge on any atom is 0.488 e. The first-order valence-corrected chi connectivity index (χ1v) is 28.0. The number of fused-ring (bicyclic) bond motifs is 8. The Labute approximate surface area is 519 Å². The molecular weight excluding hydrogens is 1080 g/mol. The number of hydrogen-bond donors (Lipinski definition) is 2. The fourth-order valence-corrected chi connectivity index (χ4v) is 12.2. The number of rotatable bonds is 6. The SMILES string of the molecule is OB(O)c1cccc(-c2cccc3ccccc23)c1.[2H]c1c([2H])c([2H])c2c(-c3cccc4ccccc34)c3c([2H])c([2H])c([2H])c([2H])c3c(-c3cccc(-c4cccc5ccccc45)c3)c2c1[2H].[2H]c1c([2H])c([2H])c2c(-c3cccc4ccccc34)c3c([2H])c([2H])c([2H])c([2H])c3c(Br)c2c1[2H]. The van der Waals surface area contributed by atoms with Crippen LogP contribution in [0.25, 0.3) is 142 Å². The number of benzene rings is 16. The molecule has 0 aliphatic heterocycles. The Morgan fingerprint density at radius 2 is 0.548 bits per heavy atom. The molecular formula is C80H54BBrO2. The van der Waals surface area contributed by atoms with E-state index in [9.17, 15) is 15.5 Å². The maximum atomic E-state index is 9.28. The minimum Gasteiger partial charge on any atom is -0.423 e. The van der Waals surface area contributed by atoms with E-state index < -0.39 is 55.5 Å². The average molecular weight is 1150 g/mol. The minimum absolute atomic E-state index is 0.182. The quantitative estimate of drug-likeness (QED) is 0.129. The molecule has 0 fully saturated rings. The van der Waals surface area contributed by atoms with Crippen molar-refractivity contribution in [3.8, 4) is 55.6 Å². The van der Waals surface area contributed by atoms with Crippen molar-refractivity contribution in [1.29, 1.82) is 0 Å². The fourth-order valence-electron chi connectivity index (χ4n) is 11.6. The molecule has 0 bridgehead atoms. The summed E-state index contributed by atoms with van der Waals surface area (Å²) in [5.41, 5.74) is 7.31. The third-order valence-corrected chi connectivity index (χ3v) is 16.1. The standard InChI is InChI=1S/C40H26.C24H15Br.C16H13BO2/c1-3-18-31-27(12-1)14-10-24-33(31)29-16-9-17-30(26-29)39-35-20-5-7-22-37(35)40(38-23-8-6-21-36(38)39)34-25-11-15-28-13-2-4-19-32(28)34;25-24-21-13-5-3-11-19(21)23(20-12-4-6-14-22(20)24)18-15-7-9-16-8-1-2-10-17(16)18;18-17(19)14-8-3-7-13(11-14)16-10-4-6-12-5-1-2-9-15(12)16/h1-26H;1-15H;1-11,18-19H/i5D,6D,7D,8D,20D,21D,22D,23D;3D,4D,5D,6D,11D,12D,13D,14D;. The lowest BCUT2D eigenvalue weighted by molar-refractivity contribution is 0.426. The Hall–Kier alpha value is -9.94. The Morgan fingerprint density at radius 1 is 0.262 bits per heavy atom. The van der Waals surface area contributed by atoms with Crippen molar-refractivity contribution in [1.82, 2.24) is 0 Å². The van der Waals surface area contributed by atoms with Crippen LogP contribution in [0.15, 0.2) is 320 Å². The van der Waals surface area contributed by atoms with E-state index in [-0.39, 0.29) is 95.9 Å². The molecule has 16 aromatic carbocycles. The monoisotopic (exact) mass is 1150 g/mol. The van der Waals surface area contributed by atoms with Crippen molar-refractivity contribution < 1.29 is 32.0 Å². The third kappa shape index (κ3) is 9.66. The van der Waals surface area contributed by atoms with Crippen molar-refractivity contribution >= 4 is 115 Å². The second kappa shape index (κ2) is 22.8. The van der Waals surface area contributed by atoms with E-state index in [1.165, 1.54) is 5.39 Å². The van der Waals surface area contributed by atoms with Crippen molar-refractivity contribution in [3.63, 3.8) is 0 Å². The molecule has 0 atom stereocenters. The molecule has 4 heteroatoms. The largest absolute Gasteiger partial charge is 0.488 e. The fraction of sp³-hybridized carbons (Fsp3) is 0. The van der Waals surface area contributed by atoms with Gasteiger partial charge in [-0.3, -0.25) is 0 Å². The van der Waals surface area contributed by atoms with Gasteiger partial charge in [-0.1, -0.05) is 309 Å². The number of hydrogen-bond acceptors (Lipinski definition) is 2. The molecule has 0 amide bonds. The van der Waals surface area contributed by atoms with Crippen molar-refractivity contribution in [2.24, 2.45) is 0 Å². The molecule has 84 heavy (non-hydrogen) atoms. The van der Waals surface area contributed by atoms with Crippen LogP contribution in [-0.4, -0.2) is 17.2 Å².